The normalized spacial score (nSPS) is 16.0. The molecule has 1 aromatic rings. The molecule has 1 amide bonds. The lowest BCUT2D eigenvalue weighted by molar-refractivity contribution is -0.138. The van der Waals surface area contributed by atoms with Gasteiger partial charge in [0.2, 0.25) is 5.91 Å². The van der Waals surface area contributed by atoms with Gasteiger partial charge in [-0.15, -0.1) is 12.4 Å². The quantitative estimate of drug-likeness (QED) is 0.772. The minimum Gasteiger partial charge on any atom is -0.480 e. The van der Waals surface area contributed by atoms with Crippen LogP contribution < -0.4 is 5.32 Å². The highest BCUT2D eigenvalue weighted by Crippen LogP contribution is 2.23. The van der Waals surface area contributed by atoms with Crippen LogP contribution in [0.2, 0.25) is 0 Å². The van der Waals surface area contributed by atoms with E-state index < -0.39 is 5.97 Å². The first-order chi connectivity index (χ1) is 12.1. The van der Waals surface area contributed by atoms with E-state index in [1.807, 2.05) is 24.1 Å². The molecule has 1 aliphatic rings. The van der Waals surface area contributed by atoms with Crippen LogP contribution in [-0.4, -0.2) is 66.1 Å². The van der Waals surface area contributed by atoms with Gasteiger partial charge in [0.05, 0.1) is 13.1 Å². The molecule has 0 aromatic heterocycles. The number of piperidine rings is 1. The number of halogens is 1. The van der Waals surface area contributed by atoms with E-state index in [2.05, 4.69) is 43.1 Å². The number of carboxylic acid groups (broad SMARTS) is 1. The number of likely N-dealkylation sites (tertiary alicyclic amines) is 1. The highest BCUT2D eigenvalue weighted by Gasteiger charge is 2.24. The van der Waals surface area contributed by atoms with Crippen LogP contribution in [-0.2, 0) is 15.0 Å². The van der Waals surface area contributed by atoms with Gasteiger partial charge < -0.3 is 10.4 Å². The molecule has 0 radical (unpaired) electrons. The summed E-state index contributed by atoms with van der Waals surface area (Å²) >= 11 is 0. The number of benzene rings is 1. The number of nitrogens with one attached hydrogen (secondary N) is 1. The predicted octanol–water partition coefficient (Wildman–Crippen LogP) is 2.83. The molecule has 0 spiro atoms. The van der Waals surface area contributed by atoms with Crippen LogP contribution in [0.15, 0.2) is 24.3 Å². The first kappa shape index (κ1) is 23.4. The van der Waals surface area contributed by atoms with Gasteiger partial charge >= 0.3 is 5.97 Å². The fourth-order valence-corrected chi connectivity index (χ4v) is 3.32. The van der Waals surface area contributed by atoms with E-state index in [1.54, 1.807) is 0 Å². The van der Waals surface area contributed by atoms with Crippen LogP contribution in [0, 0.1) is 0 Å². The van der Waals surface area contributed by atoms with Crippen molar-refractivity contribution in [2.45, 2.75) is 45.1 Å². The standard InChI is InChI=1S/C20H31N3O3.ClH/c1-20(2,3)15-5-7-16(8-6-15)21-18(24)13-23-11-9-17(10-12-23)22(4)14-19(25)26;/h5-8,17H,9-14H2,1-4H3,(H,21,24)(H,25,26);1H. The highest BCUT2D eigenvalue weighted by atomic mass is 35.5. The van der Waals surface area contributed by atoms with E-state index >= 15 is 0 Å². The van der Waals surface area contributed by atoms with Crippen molar-refractivity contribution in [3.63, 3.8) is 0 Å². The summed E-state index contributed by atoms with van der Waals surface area (Å²) in [7, 11) is 1.85. The number of hydrogen-bond acceptors (Lipinski definition) is 4. The molecule has 0 unspecified atom stereocenters. The first-order valence-corrected chi connectivity index (χ1v) is 9.20. The molecule has 7 heteroatoms. The molecule has 0 aliphatic carbocycles. The van der Waals surface area contributed by atoms with Gasteiger partial charge in [0.15, 0.2) is 0 Å². The van der Waals surface area contributed by atoms with Gasteiger partial charge in [-0.2, -0.15) is 0 Å². The summed E-state index contributed by atoms with van der Waals surface area (Å²) in [6.45, 7) is 8.55. The maximum atomic E-state index is 12.3. The molecule has 2 N–H and O–H groups in total. The fourth-order valence-electron chi connectivity index (χ4n) is 3.32. The Labute approximate surface area is 168 Å². The summed E-state index contributed by atoms with van der Waals surface area (Å²) in [4.78, 5) is 27.1. The van der Waals surface area contributed by atoms with Gasteiger partial charge in [0.1, 0.15) is 0 Å². The van der Waals surface area contributed by atoms with Crippen LogP contribution in [0.5, 0.6) is 0 Å². The number of hydrogen-bond donors (Lipinski definition) is 2. The molecule has 1 fully saturated rings. The minimum atomic E-state index is -0.799. The van der Waals surface area contributed by atoms with E-state index in [1.165, 1.54) is 5.56 Å². The Balaban J connectivity index is 0.00000364. The van der Waals surface area contributed by atoms with Crippen molar-refractivity contribution >= 4 is 30.0 Å². The van der Waals surface area contributed by atoms with Crippen molar-refractivity contribution < 1.29 is 14.7 Å². The number of rotatable bonds is 6. The fraction of sp³-hybridized carbons (Fsp3) is 0.600. The largest absolute Gasteiger partial charge is 0.480 e. The van der Waals surface area contributed by atoms with Gasteiger partial charge in [-0.05, 0) is 43.0 Å². The van der Waals surface area contributed by atoms with Crippen LogP contribution >= 0.6 is 12.4 Å². The molecule has 152 valence electrons. The lowest BCUT2D eigenvalue weighted by Crippen LogP contribution is -2.46. The van der Waals surface area contributed by atoms with E-state index in [9.17, 15) is 9.59 Å². The Hall–Kier alpha value is -1.63. The van der Waals surface area contributed by atoms with Crippen molar-refractivity contribution in [2.24, 2.45) is 0 Å². The molecule has 1 aliphatic heterocycles. The van der Waals surface area contributed by atoms with Crippen LogP contribution in [0.3, 0.4) is 0 Å². The zero-order valence-corrected chi connectivity index (χ0v) is 17.5. The molecule has 0 atom stereocenters. The lowest BCUT2D eigenvalue weighted by atomic mass is 9.87. The van der Waals surface area contributed by atoms with Crippen LogP contribution in [0.25, 0.3) is 0 Å². The SMILES string of the molecule is CN(CC(=O)O)C1CCN(CC(=O)Nc2ccc(C(C)(C)C)cc2)CC1.Cl. The predicted molar refractivity (Wildman–Crippen MR) is 111 cm³/mol. The summed E-state index contributed by atoms with van der Waals surface area (Å²) in [6, 6.07) is 8.28. The van der Waals surface area contributed by atoms with E-state index in [0.29, 0.717) is 6.54 Å². The Morgan fingerprint density at radius 3 is 2.22 bits per heavy atom. The van der Waals surface area contributed by atoms with Crippen molar-refractivity contribution in [2.75, 3.05) is 38.5 Å². The minimum absolute atomic E-state index is 0. The first-order valence-electron chi connectivity index (χ1n) is 9.20. The van der Waals surface area contributed by atoms with E-state index in [4.69, 9.17) is 5.11 Å². The zero-order chi connectivity index (χ0) is 19.3. The van der Waals surface area contributed by atoms with Crippen LogP contribution in [0.4, 0.5) is 5.69 Å². The Kier molecular flexibility index (Phi) is 8.72. The molecule has 6 nitrogen and oxygen atoms in total. The summed E-state index contributed by atoms with van der Waals surface area (Å²) in [6.07, 6.45) is 1.77. The summed E-state index contributed by atoms with van der Waals surface area (Å²) in [5, 5.41) is 11.8. The number of aliphatic carboxylic acids is 1. The molecular formula is C20H32ClN3O3. The van der Waals surface area contributed by atoms with Gasteiger partial charge in [-0.3, -0.25) is 19.4 Å². The number of carbonyl (C=O) groups is 2. The molecule has 27 heavy (non-hydrogen) atoms. The third-order valence-electron chi connectivity index (χ3n) is 4.97. The maximum absolute atomic E-state index is 12.3. The number of likely N-dealkylation sites (N-methyl/N-ethyl adjacent to an activating group) is 1. The number of amides is 1. The summed E-state index contributed by atoms with van der Waals surface area (Å²) in [5.74, 6) is -0.808. The van der Waals surface area contributed by atoms with Gasteiger partial charge in [0.25, 0.3) is 0 Å². The highest BCUT2D eigenvalue weighted by molar-refractivity contribution is 5.92. The van der Waals surface area contributed by atoms with Gasteiger partial charge in [-0.25, -0.2) is 0 Å². The monoisotopic (exact) mass is 397 g/mol. The number of nitrogens with zero attached hydrogens (tertiary/aromatic N) is 2. The number of anilines is 1. The topological polar surface area (TPSA) is 72.9 Å². The second kappa shape index (κ2) is 10.1. The van der Waals surface area contributed by atoms with Crippen molar-refractivity contribution in [3.8, 4) is 0 Å². The van der Waals surface area contributed by atoms with E-state index in [0.717, 1.165) is 31.6 Å². The van der Waals surface area contributed by atoms with Crippen LogP contribution in [0.1, 0.15) is 39.2 Å². The Morgan fingerprint density at radius 2 is 1.74 bits per heavy atom. The third kappa shape index (κ3) is 7.48. The smallest absolute Gasteiger partial charge is 0.317 e. The second-order valence-corrected chi connectivity index (χ2v) is 8.19. The van der Waals surface area contributed by atoms with Crippen molar-refractivity contribution in [3.05, 3.63) is 29.8 Å². The van der Waals surface area contributed by atoms with Gasteiger partial charge in [-0.1, -0.05) is 32.9 Å². The zero-order valence-electron chi connectivity index (χ0n) is 16.7. The Bertz CT molecular complexity index is 620. The molecule has 1 heterocycles. The molecule has 2 rings (SSSR count). The van der Waals surface area contributed by atoms with Crippen molar-refractivity contribution in [1.29, 1.82) is 0 Å². The van der Waals surface area contributed by atoms with Crippen molar-refractivity contribution in [1.82, 2.24) is 9.80 Å². The summed E-state index contributed by atoms with van der Waals surface area (Å²) in [5.41, 5.74) is 2.16. The lowest BCUT2D eigenvalue weighted by Gasteiger charge is -2.35. The maximum Gasteiger partial charge on any atom is 0.317 e. The average molecular weight is 398 g/mol. The average Bonchev–Trinajstić information content (AvgIpc) is 2.54. The Morgan fingerprint density at radius 1 is 1.19 bits per heavy atom. The number of carboxylic acids is 1. The third-order valence-corrected chi connectivity index (χ3v) is 4.97. The molecule has 0 bridgehead atoms. The molecule has 1 aromatic carbocycles. The summed E-state index contributed by atoms with van der Waals surface area (Å²) < 4.78 is 0. The molecular weight excluding hydrogens is 366 g/mol. The van der Waals surface area contributed by atoms with E-state index in [-0.39, 0.29) is 36.3 Å². The number of carbonyl (C=O) groups excluding carboxylic acids is 1. The molecule has 0 saturated carbocycles. The molecule has 1 saturated heterocycles. The second-order valence-electron chi connectivity index (χ2n) is 8.19. The van der Waals surface area contributed by atoms with Gasteiger partial charge in [0, 0.05) is 24.8 Å².